The molecule has 1 unspecified atom stereocenters. The molecule has 1 aliphatic rings. The third-order valence-electron chi connectivity index (χ3n) is 5.22. The Labute approximate surface area is 168 Å². The first-order valence-electron chi connectivity index (χ1n) is 9.48. The summed E-state index contributed by atoms with van der Waals surface area (Å²) >= 11 is 0. The average Bonchev–Trinajstić information content (AvgIpc) is 3.07. The smallest absolute Gasteiger partial charge is 0.416 e. The van der Waals surface area contributed by atoms with Crippen LogP contribution in [0.5, 0.6) is 5.75 Å². The lowest BCUT2D eigenvalue weighted by atomic mass is 9.82. The second-order valence-corrected chi connectivity index (χ2v) is 7.84. The second kappa shape index (κ2) is 8.31. The molecule has 0 saturated carbocycles. The first kappa shape index (κ1) is 21.0. The van der Waals surface area contributed by atoms with Crippen molar-refractivity contribution in [1.29, 1.82) is 0 Å². The van der Waals surface area contributed by atoms with Gasteiger partial charge >= 0.3 is 6.18 Å². The predicted octanol–water partition coefficient (Wildman–Crippen LogP) is 5.25. The van der Waals surface area contributed by atoms with Gasteiger partial charge in [-0.05, 0) is 53.7 Å². The van der Waals surface area contributed by atoms with E-state index in [9.17, 15) is 18.0 Å². The summed E-state index contributed by atoms with van der Waals surface area (Å²) in [6, 6.07) is 13.2. The Bertz CT molecular complexity index is 879. The van der Waals surface area contributed by atoms with Gasteiger partial charge in [-0.25, -0.2) is 0 Å². The zero-order valence-electron chi connectivity index (χ0n) is 16.3. The number of hydrogen-bond acceptors (Lipinski definition) is 2. The molecule has 29 heavy (non-hydrogen) atoms. The number of carbonyl (C=O) groups excluding carboxylic acids is 1. The minimum absolute atomic E-state index is 0.148. The number of ether oxygens (including phenoxy) is 1. The Kier molecular flexibility index (Phi) is 6.01. The summed E-state index contributed by atoms with van der Waals surface area (Å²) in [4.78, 5) is 13.5. The van der Waals surface area contributed by atoms with Gasteiger partial charge in [-0.15, -0.1) is 0 Å². The maximum atomic E-state index is 13.4. The molecule has 0 radical (unpaired) electrons. The van der Waals surface area contributed by atoms with Crippen molar-refractivity contribution < 1.29 is 22.7 Å². The maximum Gasteiger partial charge on any atom is 0.416 e. The van der Waals surface area contributed by atoms with E-state index in [0.29, 0.717) is 25.1 Å². The van der Waals surface area contributed by atoms with Crippen molar-refractivity contribution in [2.45, 2.75) is 32.5 Å². The lowest BCUT2D eigenvalue weighted by molar-refractivity contribution is -0.137. The first-order chi connectivity index (χ1) is 13.7. The summed E-state index contributed by atoms with van der Waals surface area (Å²) < 4.78 is 45.9. The molecule has 1 fully saturated rings. The molecule has 1 amide bonds. The number of rotatable bonds is 6. The summed E-state index contributed by atoms with van der Waals surface area (Å²) in [5, 5.41) is 0. The molecular weight excluding hydrogens is 379 g/mol. The van der Waals surface area contributed by atoms with E-state index in [2.05, 4.69) is 6.58 Å². The molecule has 3 rings (SSSR count). The van der Waals surface area contributed by atoms with Crippen molar-refractivity contribution in [1.82, 2.24) is 4.90 Å². The molecule has 3 nitrogen and oxygen atoms in total. The SMILES string of the molecule is C=CC(=O)N1CCC(C)(Cc2cc(OCc3ccccc3)cc(C(F)(F)F)c2)C1. The van der Waals surface area contributed by atoms with Crippen LogP contribution in [0.25, 0.3) is 0 Å². The Hall–Kier alpha value is -2.76. The topological polar surface area (TPSA) is 29.5 Å². The molecule has 1 saturated heterocycles. The van der Waals surface area contributed by atoms with E-state index in [1.165, 1.54) is 12.1 Å². The van der Waals surface area contributed by atoms with Crippen molar-refractivity contribution >= 4 is 5.91 Å². The third-order valence-corrected chi connectivity index (χ3v) is 5.22. The highest BCUT2D eigenvalue weighted by Crippen LogP contribution is 2.38. The van der Waals surface area contributed by atoms with Crippen LogP contribution in [0.3, 0.4) is 0 Å². The molecule has 6 heteroatoms. The Morgan fingerprint density at radius 2 is 1.93 bits per heavy atom. The summed E-state index contributed by atoms with van der Waals surface area (Å²) in [5.41, 5.74) is 0.421. The minimum Gasteiger partial charge on any atom is -0.489 e. The number of halogens is 3. The molecule has 2 aromatic carbocycles. The Morgan fingerprint density at radius 1 is 1.21 bits per heavy atom. The molecule has 154 valence electrons. The highest BCUT2D eigenvalue weighted by molar-refractivity contribution is 5.87. The molecule has 1 aliphatic heterocycles. The monoisotopic (exact) mass is 403 g/mol. The number of benzene rings is 2. The molecule has 0 N–H and O–H groups in total. The van der Waals surface area contributed by atoms with Crippen molar-refractivity contribution in [3.63, 3.8) is 0 Å². The van der Waals surface area contributed by atoms with Gasteiger partial charge in [0.25, 0.3) is 0 Å². The number of carbonyl (C=O) groups is 1. The fraction of sp³-hybridized carbons (Fsp3) is 0.348. The predicted molar refractivity (Wildman–Crippen MR) is 105 cm³/mol. The molecule has 1 heterocycles. The fourth-order valence-electron chi connectivity index (χ4n) is 3.73. The molecule has 0 aliphatic carbocycles. The van der Waals surface area contributed by atoms with E-state index in [4.69, 9.17) is 4.74 Å². The summed E-state index contributed by atoms with van der Waals surface area (Å²) in [6.45, 7) is 6.76. The van der Waals surface area contributed by atoms with Crippen LogP contribution in [-0.2, 0) is 24.0 Å². The molecule has 0 aromatic heterocycles. The zero-order valence-corrected chi connectivity index (χ0v) is 16.3. The van der Waals surface area contributed by atoms with E-state index in [-0.39, 0.29) is 23.7 Å². The largest absolute Gasteiger partial charge is 0.489 e. The Morgan fingerprint density at radius 3 is 2.59 bits per heavy atom. The second-order valence-electron chi connectivity index (χ2n) is 7.84. The molecule has 1 atom stereocenters. The number of alkyl halides is 3. The van der Waals surface area contributed by atoms with E-state index in [1.807, 2.05) is 37.3 Å². The van der Waals surface area contributed by atoms with Crippen LogP contribution in [0.2, 0.25) is 0 Å². The van der Waals surface area contributed by atoms with Crippen LogP contribution in [0.4, 0.5) is 13.2 Å². The average molecular weight is 403 g/mol. The first-order valence-corrected chi connectivity index (χ1v) is 9.48. The van der Waals surface area contributed by atoms with Gasteiger partial charge in [0, 0.05) is 13.1 Å². The number of amides is 1. The maximum absolute atomic E-state index is 13.4. The molecule has 0 spiro atoms. The third kappa shape index (κ3) is 5.40. The summed E-state index contributed by atoms with van der Waals surface area (Å²) in [5.74, 6) is 0.0453. The van der Waals surface area contributed by atoms with Crippen LogP contribution in [0, 0.1) is 5.41 Å². The van der Waals surface area contributed by atoms with E-state index in [0.717, 1.165) is 18.1 Å². The Balaban J connectivity index is 1.80. The van der Waals surface area contributed by atoms with E-state index >= 15 is 0 Å². The van der Waals surface area contributed by atoms with Crippen molar-refractivity contribution in [3.8, 4) is 5.75 Å². The standard InChI is InChI=1S/C23H24F3NO2/c1-3-21(28)27-10-9-22(2,16-27)14-18-11-19(23(24,25)26)13-20(12-18)29-15-17-7-5-4-6-8-17/h3-8,11-13H,1,9-10,14-16H2,2H3. The molecule has 2 aromatic rings. The van der Waals surface area contributed by atoms with Crippen LogP contribution >= 0.6 is 0 Å². The van der Waals surface area contributed by atoms with Crippen molar-refractivity contribution in [3.05, 3.63) is 77.9 Å². The van der Waals surface area contributed by atoms with Gasteiger partial charge in [-0.2, -0.15) is 13.2 Å². The zero-order chi connectivity index (χ0) is 21.1. The van der Waals surface area contributed by atoms with E-state index in [1.54, 1.807) is 11.0 Å². The number of nitrogens with zero attached hydrogens (tertiary/aromatic N) is 1. The van der Waals surface area contributed by atoms with Gasteiger partial charge in [0.05, 0.1) is 5.56 Å². The van der Waals surface area contributed by atoms with Gasteiger partial charge in [0.1, 0.15) is 12.4 Å². The minimum atomic E-state index is -4.46. The van der Waals surface area contributed by atoms with Gasteiger partial charge in [0.2, 0.25) is 5.91 Å². The molecular formula is C23H24F3NO2. The highest BCUT2D eigenvalue weighted by atomic mass is 19.4. The van der Waals surface area contributed by atoms with Crippen molar-refractivity contribution in [2.75, 3.05) is 13.1 Å². The molecule has 0 bridgehead atoms. The lowest BCUT2D eigenvalue weighted by Crippen LogP contribution is -2.30. The van der Waals surface area contributed by atoms with E-state index < -0.39 is 11.7 Å². The number of likely N-dealkylation sites (tertiary alicyclic amines) is 1. The summed E-state index contributed by atoms with van der Waals surface area (Å²) in [7, 11) is 0. The van der Waals surface area contributed by atoms with Gasteiger partial charge in [-0.1, -0.05) is 43.8 Å². The van der Waals surface area contributed by atoms with Crippen LogP contribution < -0.4 is 4.74 Å². The van der Waals surface area contributed by atoms with Crippen LogP contribution in [0.1, 0.15) is 30.0 Å². The highest BCUT2D eigenvalue weighted by Gasteiger charge is 2.37. The van der Waals surface area contributed by atoms with Crippen LogP contribution in [0.15, 0.2) is 61.2 Å². The summed E-state index contributed by atoms with van der Waals surface area (Å²) in [6.07, 6.45) is -2.03. The fourth-order valence-corrected chi connectivity index (χ4v) is 3.73. The van der Waals surface area contributed by atoms with Gasteiger partial charge in [-0.3, -0.25) is 4.79 Å². The van der Waals surface area contributed by atoms with Crippen LogP contribution in [-0.4, -0.2) is 23.9 Å². The normalized spacial score (nSPS) is 19.2. The lowest BCUT2D eigenvalue weighted by Gasteiger charge is -2.25. The number of hydrogen-bond donors (Lipinski definition) is 0. The van der Waals surface area contributed by atoms with Gasteiger partial charge in [0.15, 0.2) is 0 Å². The van der Waals surface area contributed by atoms with Crippen molar-refractivity contribution in [2.24, 2.45) is 5.41 Å². The quantitative estimate of drug-likeness (QED) is 0.617. The van der Waals surface area contributed by atoms with Gasteiger partial charge < -0.3 is 9.64 Å².